The van der Waals surface area contributed by atoms with Crippen LogP contribution in [0.5, 0.6) is 0 Å². The fourth-order valence-corrected chi connectivity index (χ4v) is 8.36. The lowest BCUT2D eigenvalue weighted by molar-refractivity contribution is 0.0208. The van der Waals surface area contributed by atoms with Crippen molar-refractivity contribution < 1.29 is 14.3 Å². The molecule has 0 aliphatic carbocycles. The van der Waals surface area contributed by atoms with Crippen molar-refractivity contribution in [3.63, 3.8) is 0 Å². The van der Waals surface area contributed by atoms with E-state index in [4.69, 9.17) is 26.1 Å². The molecule has 2 aliphatic heterocycles. The molecular formula is C32H43ClN6O4SSi. The summed E-state index contributed by atoms with van der Waals surface area (Å²) in [5.41, 5.74) is 2.22. The molecule has 2 saturated heterocycles. The summed E-state index contributed by atoms with van der Waals surface area (Å²) in [6.45, 7) is 16.6. The van der Waals surface area contributed by atoms with E-state index in [2.05, 4.69) is 29.5 Å². The van der Waals surface area contributed by atoms with E-state index in [0.717, 1.165) is 45.2 Å². The summed E-state index contributed by atoms with van der Waals surface area (Å²) in [5, 5.41) is 2.03. The first kappa shape index (κ1) is 32.0. The molecule has 10 nitrogen and oxygen atoms in total. The number of aromatic nitrogens is 4. The van der Waals surface area contributed by atoms with Crippen molar-refractivity contribution in [3.05, 3.63) is 38.7 Å². The van der Waals surface area contributed by atoms with Crippen molar-refractivity contribution in [2.45, 2.75) is 90.6 Å². The first-order valence-corrected chi connectivity index (χ1v) is 20.5. The zero-order chi connectivity index (χ0) is 32.4. The quantitative estimate of drug-likeness (QED) is 0.156. The van der Waals surface area contributed by atoms with Crippen LogP contribution >= 0.6 is 22.9 Å². The van der Waals surface area contributed by atoms with Gasteiger partial charge in [0, 0.05) is 52.1 Å². The normalized spacial score (nSPS) is 18.9. The highest BCUT2D eigenvalue weighted by molar-refractivity contribution is 7.19. The molecule has 13 heteroatoms. The van der Waals surface area contributed by atoms with Gasteiger partial charge in [0.25, 0.3) is 5.56 Å². The third-order valence-corrected chi connectivity index (χ3v) is 11.8. The third-order valence-electron chi connectivity index (χ3n) is 8.56. The van der Waals surface area contributed by atoms with Crippen molar-refractivity contribution >= 4 is 64.3 Å². The number of hydrogen-bond donors (Lipinski definition) is 0. The molecule has 0 saturated carbocycles. The number of rotatable bonds is 7. The maximum absolute atomic E-state index is 14.3. The molecule has 2 fully saturated rings. The molecule has 6 rings (SSSR count). The van der Waals surface area contributed by atoms with Crippen molar-refractivity contribution in [1.82, 2.24) is 24.0 Å². The molecular weight excluding hydrogens is 628 g/mol. The monoisotopic (exact) mass is 670 g/mol. The van der Waals surface area contributed by atoms with E-state index in [9.17, 15) is 9.59 Å². The predicted octanol–water partition coefficient (Wildman–Crippen LogP) is 6.87. The minimum Gasteiger partial charge on any atom is -0.444 e. The molecule has 2 unspecified atom stereocenters. The van der Waals surface area contributed by atoms with Crippen LogP contribution < -0.4 is 10.5 Å². The maximum Gasteiger partial charge on any atom is 0.410 e. The molecule has 2 aliphatic rings. The molecule has 0 spiro atoms. The Morgan fingerprint density at radius 1 is 1.11 bits per heavy atom. The van der Waals surface area contributed by atoms with Gasteiger partial charge in [-0.15, -0.1) is 11.3 Å². The Morgan fingerprint density at radius 3 is 2.44 bits per heavy atom. The predicted molar refractivity (Wildman–Crippen MR) is 185 cm³/mol. The van der Waals surface area contributed by atoms with E-state index < -0.39 is 13.7 Å². The molecule has 2 bridgehead atoms. The zero-order valence-electron chi connectivity index (χ0n) is 27.4. The van der Waals surface area contributed by atoms with Gasteiger partial charge in [-0.25, -0.2) is 9.78 Å². The Kier molecular flexibility index (Phi) is 8.33. The van der Waals surface area contributed by atoms with Crippen LogP contribution in [0.25, 0.3) is 32.4 Å². The van der Waals surface area contributed by atoms with Gasteiger partial charge in [-0.3, -0.25) is 9.36 Å². The average molecular weight is 671 g/mol. The Balaban J connectivity index is 1.42. The standard InChI is InChI=1S/C32H43ClN6O4SSi/c1-19-34-24-12-11-22(26(33)27(24)44-19)23-17-38(18-42-13-14-45(6,7)8)28-25(23)29(40)36(5)30(35-28)39-20-9-10-21(39)16-37(15-20)31(41)43-32(2,3)4/h11-12,17,20-21H,9-10,13-16,18H2,1-8H3. The van der Waals surface area contributed by atoms with E-state index >= 15 is 0 Å². The second kappa shape index (κ2) is 11.7. The Labute approximate surface area is 273 Å². The Hall–Kier alpha value is -2.93. The van der Waals surface area contributed by atoms with Gasteiger partial charge in [0.05, 0.1) is 37.7 Å². The van der Waals surface area contributed by atoms with E-state index in [-0.39, 0.29) is 30.5 Å². The summed E-state index contributed by atoms with van der Waals surface area (Å²) >= 11 is 8.55. The Bertz CT molecular complexity index is 1820. The SMILES string of the molecule is Cc1nc2ccc(-c3cn(COCC[Si](C)(C)C)c4nc(N5C6CCC5CN(C(=O)OC(C)(C)C)C6)n(C)c(=O)c34)c(Cl)c2s1. The van der Waals surface area contributed by atoms with Crippen LogP contribution in [0.3, 0.4) is 0 Å². The number of fused-ring (bicyclic) bond motifs is 4. The lowest BCUT2D eigenvalue weighted by Crippen LogP contribution is -2.57. The van der Waals surface area contributed by atoms with Crippen LogP contribution in [-0.2, 0) is 23.3 Å². The first-order valence-electron chi connectivity index (χ1n) is 15.6. The molecule has 3 aromatic heterocycles. The number of nitrogens with zero attached hydrogens (tertiary/aromatic N) is 6. The molecule has 5 heterocycles. The summed E-state index contributed by atoms with van der Waals surface area (Å²) in [5.74, 6) is 0.608. The van der Waals surface area contributed by atoms with Gasteiger partial charge >= 0.3 is 6.09 Å². The van der Waals surface area contributed by atoms with Gasteiger partial charge in [0.15, 0.2) is 5.65 Å². The van der Waals surface area contributed by atoms with Gasteiger partial charge in [-0.2, -0.15) is 4.98 Å². The fraction of sp³-hybridized carbons (Fsp3) is 0.562. The van der Waals surface area contributed by atoms with Crippen molar-refractivity contribution in [2.75, 3.05) is 24.6 Å². The number of amides is 1. The van der Waals surface area contributed by atoms with Crippen molar-refractivity contribution in [2.24, 2.45) is 7.05 Å². The lowest BCUT2D eigenvalue weighted by Gasteiger charge is -2.42. The number of benzene rings is 1. The van der Waals surface area contributed by atoms with Gasteiger partial charge in [0.2, 0.25) is 5.95 Å². The van der Waals surface area contributed by atoms with Crippen LogP contribution in [0.1, 0.15) is 38.6 Å². The van der Waals surface area contributed by atoms with Crippen LogP contribution in [0.15, 0.2) is 23.1 Å². The maximum atomic E-state index is 14.3. The van der Waals surface area contributed by atoms with Crippen LogP contribution in [0.2, 0.25) is 30.7 Å². The summed E-state index contributed by atoms with van der Waals surface area (Å²) in [6.07, 6.45) is 3.48. The third kappa shape index (κ3) is 6.26. The van der Waals surface area contributed by atoms with Crippen LogP contribution in [0, 0.1) is 6.92 Å². The highest BCUT2D eigenvalue weighted by Gasteiger charge is 2.44. The average Bonchev–Trinajstić information content (AvgIpc) is 3.57. The molecule has 45 heavy (non-hydrogen) atoms. The van der Waals surface area contributed by atoms with E-state index in [0.29, 0.717) is 41.7 Å². The van der Waals surface area contributed by atoms with Gasteiger partial charge in [-0.05, 0) is 52.6 Å². The largest absolute Gasteiger partial charge is 0.444 e. The van der Waals surface area contributed by atoms with E-state index in [1.54, 1.807) is 27.9 Å². The zero-order valence-corrected chi connectivity index (χ0v) is 30.0. The first-order chi connectivity index (χ1) is 21.1. The second-order valence-corrected chi connectivity index (χ2v) is 21.7. The molecule has 242 valence electrons. The summed E-state index contributed by atoms with van der Waals surface area (Å²) in [7, 11) is 0.504. The number of thiazole rings is 1. The summed E-state index contributed by atoms with van der Waals surface area (Å²) in [4.78, 5) is 41.1. The minimum absolute atomic E-state index is 0.0362. The summed E-state index contributed by atoms with van der Waals surface area (Å²) < 4.78 is 16.4. The minimum atomic E-state index is -1.28. The molecule has 1 aromatic carbocycles. The lowest BCUT2D eigenvalue weighted by atomic mass is 10.1. The number of aryl methyl sites for hydroxylation is 1. The number of carbonyl (C=O) groups is 1. The molecule has 0 N–H and O–H groups in total. The summed E-state index contributed by atoms with van der Waals surface area (Å²) in [6, 6.07) is 5.02. The fourth-order valence-electron chi connectivity index (χ4n) is 6.36. The van der Waals surface area contributed by atoms with Crippen molar-refractivity contribution in [3.8, 4) is 11.1 Å². The highest BCUT2D eigenvalue weighted by Crippen LogP contribution is 2.41. The second-order valence-electron chi connectivity index (χ2n) is 14.5. The molecule has 2 atom stereocenters. The van der Waals surface area contributed by atoms with Gasteiger partial charge in [0.1, 0.15) is 12.3 Å². The number of halogens is 1. The van der Waals surface area contributed by atoms with Crippen molar-refractivity contribution in [1.29, 1.82) is 0 Å². The molecule has 1 amide bonds. The number of carbonyl (C=O) groups excluding carboxylic acids is 1. The highest BCUT2D eigenvalue weighted by atomic mass is 35.5. The number of anilines is 1. The van der Waals surface area contributed by atoms with Gasteiger partial charge < -0.3 is 23.8 Å². The van der Waals surface area contributed by atoms with Crippen LogP contribution in [0.4, 0.5) is 10.7 Å². The van der Waals surface area contributed by atoms with Gasteiger partial charge in [-0.1, -0.05) is 37.3 Å². The molecule has 4 aromatic rings. The van der Waals surface area contributed by atoms with E-state index in [1.165, 1.54) is 0 Å². The molecule has 0 radical (unpaired) electrons. The smallest absolute Gasteiger partial charge is 0.410 e. The van der Waals surface area contributed by atoms with Crippen LogP contribution in [-0.4, -0.2) is 75.6 Å². The number of likely N-dealkylation sites (tertiary alicyclic amines) is 1. The number of piperazine rings is 1. The number of ether oxygens (including phenoxy) is 2. The topological polar surface area (TPSA) is 94.7 Å². The van der Waals surface area contributed by atoms with E-state index in [1.807, 2.05) is 50.6 Å². The number of hydrogen-bond acceptors (Lipinski definition) is 8. The Morgan fingerprint density at radius 2 is 1.80 bits per heavy atom.